The van der Waals surface area contributed by atoms with Crippen molar-refractivity contribution < 1.29 is 9.90 Å². The quantitative estimate of drug-likeness (QED) is 0.835. The van der Waals surface area contributed by atoms with E-state index in [0.29, 0.717) is 17.4 Å². The Hall–Kier alpha value is -2.37. The summed E-state index contributed by atoms with van der Waals surface area (Å²) in [7, 11) is 1.40. The summed E-state index contributed by atoms with van der Waals surface area (Å²) in [5, 5.41) is 9.27. The van der Waals surface area contributed by atoms with Crippen LogP contribution in [0.4, 0.5) is 0 Å². The maximum atomic E-state index is 11.9. The maximum Gasteiger partial charge on any atom is 0.335 e. The Kier molecular flexibility index (Phi) is 2.78. The molecule has 1 aromatic carbocycles. The number of hydrogen-bond acceptors (Lipinski definition) is 3. The second kappa shape index (κ2) is 4.14. The summed E-state index contributed by atoms with van der Waals surface area (Å²) in [6.45, 7) is 2.13. The van der Waals surface area contributed by atoms with Gasteiger partial charge in [-0.3, -0.25) is 13.9 Å². The molecule has 1 aromatic heterocycles. The summed E-state index contributed by atoms with van der Waals surface area (Å²) in [5.74, 6) is -1.09. The fourth-order valence-electron chi connectivity index (χ4n) is 1.93. The summed E-state index contributed by atoms with van der Waals surface area (Å²) in [6.07, 6.45) is 0. The van der Waals surface area contributed by atoms with Crippen LogP contribution in [0.15, 0.2) is 27.8 Å². The van der Waals surface area contributed by atoms with E-state index in [9.17, 15) is 14.4 Å². The highest BCUT2D eigenvalue weighted by Crippen LogP contribution is 2.11. The molecule has 0 spiro atoms. The van der Waals surface area contributed by atoms with Gasteiger partial charge in [0.2, 0.25) is 0 Å². The van der Waals surface area contributed by atoms with E-state index in [2.05, 4.69) is 0 Å². The molecule has 18 heavy (non-hydrogen) atoms. The lowest BCUT2D eigenvalue weighted by Crippen LogP contribution is -2.37. The van der Waals surface area contributed by atoms with E-state index >= 15 is 0 Å². The summed E-state index contributed by atoms with van der Waals surface area (Å²) in [5.41, 5.74) is -0.461. The lowest BCUT2D eigenvalue weighted by Gasteiger charge is -2.10. The van der Waals surface area contributed by atoms with Crippen LogP contribution in [0.5, 0.6) is 0 Å². The molecule has 0 unspecified atom stereocenters. The van der Waals surface area contributed by atoms with E-state index in [1.165, 1.54) is 29.8 Å². The van der Waals surface area contributed by atoms with Crippen LogP contribution in [0.1, 0.15) is 17.3 Å². The predicted molar refractivity (Wildman–Crippen MR) is 66.1 cm³/mol. The van der Waals surface area contributed by atoms with Gasteiger partial charge in [-0.05, 0) is 25.1 Å². The first-order valence-electron chi connectivity index (χ1n) is 5.44. The monoisotopic (exact) mass is 248 g/mol. The molecule has 0 amide bonds. The van der Waals surface area contributed by atoms with Gasteiger partial charge in [-0.25, -0.2) is 9.59 Å². The molecule has 0 radical (unpaired) electrons. The molecule has 0 saturated heterocycles. The largest absolute Gasteiger partial charge is 0.478 e. The number of carboxylic acid groups (broad SMARTS) is 1. The maximum absolute atomic E-state index is 11.9. The van der Waals surface area contributed by atoms with Crippen LogP contribution in [-0.2, 0) is 13.6 Å². The fourth-order valence-corrected chi connectivity index (χ4v) is 1.93. The normalized spacial score (nSPS) is 10.8. The second-order valence-corrected chi connectivity index (χ2v) is 3.93. The van der Waals surface area contributed by atoms with Crippen molar-refractivity contribution in [1.82, 2.24) is 9.13 Å². The molecule has 94 valence electrons. The van der Waals surface area contributed by atoms with Gasteiger partial charge in [-0.2, -0.15) is 0 Å². The zero-order chi connectivity index (χ0) is 13.4. The molecule has 6 nitrogen and oxygen atoms in total. The van der Waals surface area contributed by atoms with E-state index in [1.54, 1.807) is 6.92 Å². The van der Waals surface area contributed by atoms with Crippen LogP contribution >= 0.6 is 0 Å². The van der Waals surface area contributed by atoms with Gasteiger partial charge in [0.1, 0.15) is 0 Å². The average Bonchev–Trinajstić information content (AvgIpc) is 2.36. The van der Waals surface area contributed by atoms with Crippen molar-refractivity contribution in [2.45, 2.75) is 13.5 Å². The number of aryl methyl sites for hydroxylation is 1. The number of rotatable bonds is 2. The minimum absolute atomic E-state index is 0.0531. The first-order valence-corrected chi connectivity index (χ1v) is 5.44. The van der Waals surface area contributed by atoms with Crippen molar-refractivity contribution in [3.63, 3.8) is 0 Å². The molecule has 0 aliphatic rings. The molecule has 0 bridgehead atoms. The zero-order valence-electron chi connectivity index (χ0n) is 10.0. The van der Waals surface area contributed by atoms with Crippen LogP contribution in [0, 0.1) is 0 Å². The molecule has 2 rings (SSSR count). The molecule has 0 aliphatic heterocycles. The van der Waals surface area contributed by atoms with Crippen molar-refractivity contribution >= 4 is 16.9 Å². The number of fused-ring (bicyclic) bond motifs is 1. The fraction of sp³-hybridized carbons (Fsp3) is 0.250. The van der Waals surface area contributed by atoms with Crippen LogP contribution < -0.4 is 11.2 Å². The number of carboxylic acids is 1. The Bertz CT molecular complexity index is 755. The smallest absolute Gasteiger partial charge is 0.335 e. The minimum atomic E-state index is -1.09. The number of nitrogens with zero attached hydrogens (tertiary/aromatic N) is 2. The number of aromatic nitrogens is 2. The molecule has 6 heteroatoms. The third kappa shape index (κ3) is 1.62. The summed E-state index contributed by atoms with van der Waals surface area (Å²) < 4.78 is 2.40. The van der Waals surface area contributed by atoms with E-state index in [4.69, 9.17) is 5.11 Å². The number of aromatic carboxylic acids is 1. The molecule has 1 heterocycles. The van der Waals surface area contributed by atoms with Crippen molar-refractivity contribution in [3.05, 3.63) is 44.6 Å². The molecule has 0 aliphatic carbocycles. The first kappa shape index (κ1) is 12.1. The van der Waals surface area contributed by atoms with Gasteiger partial charge >= 0.3 is 11.7 Å². The highest BCUT2D eigenvalue weighted by molar-refractivity contribution is 5.92. The molecular formula is C12H12N2O4. The lowest BCUT2D eigenvalue weighted by atomic mass is 10.1. The first-order chi connectivity index (χ1) is 8.47. The van der Waals surface area contributed by atoms with Crippen molar-refractivity contribution in [2.75, 3.05) is 0 Å². The van der Waals surface area contributed by atoms with Gasteiger partial charge in [-0.1, -0.05) is 0 Å². The standard InChI is InChI=1S/C12H12N2O4/c1-3-14-9-6-7(11(16)17)4-5-8(9)10(15)13(2)12(14)18/h4-6H,3H2,1-2H3,(H,16,17). The van der Waals surface area contributed by atoms with Crippen LogP contribution in [-0.4, -0.2) is 20.2 Å². The Balaban J connectivity index is 3.02. The van der Waals surface area contributed by atoms with Crippen LogP contribution in [0.3, 0.4) is 0 Å². The summed E-state index contributed by atoms with van der Waals surface area (Å²) >= 11 is 0. The Morgan fingerprint density at radius 2 is 2.00 bits per heavy atom. The van der Waals surface area contributed by atoms with Gasteiger partial charge < -0.3 is 5.11 Å². The Morgan fingerprint density at radius 3 is 2.56 bits per heavy atom. The van der Waals surface area contributed by atoms with Crippen molar-refractivity contribution in [3.8, 4) is 0 Å². The van der Waals surface area contributed by atoms with E-state index < -0.39 is 17.2 Å². The minimum Gasteiger partial charge on any atom is -0.478 e. The van der Waals surface area contributed by atoms with Crippen molar-refractivity contribution in [2.24, 2.45) is 7.05 Å². The zero-order valence-corrected chi connectivity index (χ0v) is 10.0. The number of carbonyl (C=O) groups is 1. The predicted octanol–water partition coefficient (Wildman–Crippen LogP) is 0.418. The third-order valence-electron chi connectivity index (χ3n) is 2.90. The van der Waals surface area contributed by atoms with Gasteiger partial charge in [-0.15, -0.1) is 0 Å². The van der Waals surface area contributed by atoms with Gasteiger partial charge in [0.05, 0.1) is 16.5 Å². The topological polar surface area (TPSA) is 81.3 Å². The van der Waals surface area contributed by atoms with E-state index in [1.807, 2.05) is 0 Å². The Labute approximate surface area is 102 Å². The molecule has 0 fully saturated rings. The highest BCUT2D eigenvalue weighted by Gasteiger charge is 2.12. The third-order valence-corrected chi connectivity index (χ3v) is 2.90. The van der Waals surface area contributed by atoms with Gasteiger partial charge in [0, 0.05) is 13.6 Å². The average molecular weight is 248 g/mol. The summed E-state index contributed by atoms with van der Waals surface area (Å²) in [6, 6.07) is 4.15. The lowest BCUT2D eigenvalue weighted by molar-refractivity contribution is 0.0697. The molecule has 1 N–H and O–H groups in total. The SMILES string of the molecule is CCn1c(=O)n(C)c(=O)c2ccc(C(=O)O)cc21. The van der Waals surface area contributed by atoms with E-state index in [-0.39, 0.29) is 5.56 Å². The summed E-state index contributed by atoms with van der Waals surface area (Å²) in [4.78, 5) is 34.7. The van der Waals surface area contributed by atoms with Gasteiger partial charge in [0.25, 0.3) is 5.56 Å². The Morgan fingerprint density at radius 1 is 1.33 bits per heavy atom. The number of benzene rings is 1. The number of hydrogen-bond donors (Lipinski definition) is 1. The molecule has 0 saturated carbocycles. The van der Waals surface area contributed by atoms with Gasteiger partial charge in [0.15, 0.2) is 0 Å². The molecule has 0 atom stereocenters. The van der Waals surface area contributed by atoms with E-state index in [0.717, 1.165) is 4.57 Å². The molecular weight excluding hydrogens is 236 g/mol. The van der Waals surface area contributed by atoms with Crippen LogP contribution in [0.25, 0.3) is 10.9 Å². The second-order valence-electron chi connectivity index (χ2n) is 3.93. The van der Waals surface area contributed by atoms with Crippen LogP contribution in [0.2, 0.25) is 0 Å². The van der Waals surface area contributed by atoms with Crippen molar-refractivity contribution in [1.29, 1.82) is 0 Å². The highest BCUT2D eigenvalue weighted by atomic mass is 16.4. The molecule has 2 aromatic rings.